The molecule has 2 aromatic rings. The predicted molar refractivity (Wildman–Crippen MR) is 62.3 cm³/mol. The number of aromatic carboxylic acids is 1. The van der Waals surface area contributed by atoms with Gasteiger partial charge in [0.25, 0.3) is 0 Å². The fourth-order valence-corrected chi connectivity index (χ4v) is 1.52. The van der Waals surface area contributed by atoms with Crippen molar-refractivity contribution in [3.63, 3.8) is 0 Å². The minimum Gasteiger partial charge on any atom is -0.476 e. The summed E-state index contributed by atoms with van der Waals surface area (Å²) in [5, 5.41) is 27.2. The van der Waals surface area contributed by atoms with Gasteiger partial charge in [-0.1, -0.05) is 5.21 Å². The lowest BCUT2D eigenvalue weighted by Crippen LogP contribution is -2.02. The van der Waals surface area contributed by atoms with E-state index in [1.165, 1.54) is 4.68 Å². The summed E-state index contributed by atoms with van der Waals surface area (Å²) in [5.41, 5.74) is 1.70. The first-order valence-electron chi connectivity index (χ1n) is 5.04. The minimum absolute atomic E-state index is 0.0748. The van der Waals surface area contributed by atoms with Gasteiger partial charge in [-0.05, 0) is 31.2 Å². The second-order valence-corrected chi connectivity index (χ2v) is 3.52. The molecule has 0 spiro atoms. The van der Waals surface area contributed by atoms with Crippen molar-refractivity contribution in [1.82, 2.24) is 15.0 Å². The lowest BCUT2D eigenvalue weighted by Gasteiger charge is -2.04. The fourth-order valence-electron chi connectivity index (χ4n) is 1.52. The number of carboxylic acid groups (broad SMARTS) is 1. The van der Waals surface area contributed by atoms with E-state index in [1.807, 2.05) is 6.19 Å². The molecule has 90 valence electrons. The van der Waals surface area contributed by atoms with E-state index in [9.17, 15) is 4.79 Å². The summed E-state index contributed by atoms with van der Waals surface area (Å²) in [7, 11) is 0. The van der Waals surface area contributed by atoms with Crippen molar-refractivity contribution in [2.45, 2.75) is 6.92 Å². The summed E-state index contributed by atoms with van der Waals surface area (Å²) >= 11 is 0. The molecule has 0 saturated heterocycles. The number of benzene rings is 1. The summed E-state index contributed by atoms with van der Waals surface area (Å²) in [6, 6.07) is 6.82. The van der Waals surface area contributed by atoms with Crippen LogP contribution in [0.5, 0.6) is 0 Å². The Bertz CT molecular complexity index is 624. The van der Waals surface area contributed by atoms with Crippen LogP contribution in [0.25, 0.3) is 5.69 Å². The van der Waals surface area contributed by atoms with E-state index in [-0.39, 0.29) is 5.69 Å². The summed E-state index contributed by atoms with van der Waals surface area (Å²) < 4.78 is 1.43. The van der Waals surface area contributed by atoms with Gasteiger partial charge in [-0.15, -0.1) is 5.10 Å². The first-order valence-corrected chi connectivity index (χ1v) is 5.04. The van der Waals surface area contributed by atoms with Crippen LogP contribution in [0.15, 0.2) is 24.3 Å². The number of nitrogens with zero attached hydrogens (tertiary/aromatic N) is 4. The Kier molecular flexibility index (Phi) is 2.93. The quantitative estimate of drug-likeness (QED) is 0.619. The average molecular weight is 243 g/mol. The lowest BCUT2D eigenvalue weighted by molar-refractivity contribution is 0.0689. The van der Waals surface area contributed by atoms with E-state index >= 15 is 0 Å². The Balaban J connectivity index is 2.38. The SMILES string of the molecule is Cc1c(C(=O)O)nnn1-c1ccc(NC#N)cc1. The zero-order valence-corrected chi connectivity index (χ0v) is 9.45. The third-order valence-corrected chi connectivity index (χ3v) is 2.41. The van der Waals surface area contributed by atoms with Crippen molar-refractivity contribution in [1.29, 1.82) is 5.26 Å². The van der Waals surface area contributed by atoms with E-state index in [0.29, 0.717) is 17.1 Å². The topological polar surface area (TPSA) is 104 Å². The highest BCUT2D eigenvalue weighted by Gasteiger charge is 2.15. The average Bonchev–Trinajstić information content (AvgIpc) is 2.73. The molecule has 0 amide bonds. The molecule has 1 aromatic heterocycles. The maximum absolute atomic E-state index is 10.8. The molecule has 18 heavy (non-hydrogen) atoms. The van der Waals surface area contributed by atoms with E-state index in [4.69, 9.17) is 10.4 Å². The Morgan fingerprint density at radius 3 is 2.61 bits per heavy atom. The Morgan fingerprint density at radius 1 is 1.44 bits per heavy atom. The fraction of sp³-hybridized carbons (Fsp3) is 0.0909. The van der Waals surface area contributed by atoms with Crippen LogP contribution in [0.3, 0.4) is 0 Å². The Labute approximate surface area is 102 Å². The number of aromatic nitrogens is 3. The molecule has 0 saturated carbocycles. The minimum atomic E-state index is -1.11. The van der Waals surface area contributed by atoms with Crippen LogP contribution >= 0.6 is 0 Å². The third kappa shape index (κ3) is 1.99. The van der Waals surface area contributed by atoms with Gasteiger partial charge in [0.1, 0.15) is 0 Å². The van der Waals surface area contributed by atoms with Crippen LogP contribution in [-0.4, -0.2) is 26.1 Å². The predicted octanol–water partition coefficient (Wildman–Crippen LogP) is 1.17. The molecule has 0 bridgehead atoms. The van der Waals surface area contributed by atoms with E-state index in [0.717, 1.165) is 0 Å². The molecule has 0 radical (unpaired) electrons. The molecule has 0 atom stereocenters. The molecule has 1 heterocycles. The molecule has 0 aliphatic rings. The number of carbonyl (C=O) groups is 1. The van der Waals surface area contributed by atoms with Crippen LogP contribution in [0.2, 0.25) is 0 Å². The number of rotatable bonds is 3. The van der Waals surface area contributed by atoms with Crippen molar-refractivity contribution in [3.8, 4) is 11.9 Å². The smallest absolute Gasteiger partial charge is 0.358 e. The largest absolute Gasteiger partial charge is 0.476 e. The molecule has 0 fully saturated rings. The molecule has 7 heteroatoms. The molecule has 2 rings (SSSR count). The van der Waals surface area contributed by atoms with Crippen molar-refractivity contribution < 1.29 is 9.90 Å². The van der Waals surface area contributed by atoms with Gasteiger partial charge in [0.2, 0.25) is 0 Å². The molecule has 2 N–H and O–H groups in total. The first-order chi connectivity index (χ1) is 8.63. The molecule has 0 aliphatic heterocycles. The van der Waals surface area contributed by atoms with Crippen molar-refractivity contribution in [2.75, 3.05) is 5.32 Å². The van der Waals surface area contributed by atoms with Gasteiger partial charge in [-0.25, -0.2) is 9.48 Å². The van der Waals surface area contributed by atoms with Crippen LogP contribution in [0.4, 0.5) is 5.69 Å². The highest BCUT2D eigenvalue weighted by Crippen LogP contribution is 2.15. The Morgan fingerprint density at radius 2 is 2.11 bits per heavy atom. The number of nitriles is 1. The van der Waals surface area contributed by atoms with Gasteiger partial charge < -0.3 is 5.11 Å². The number of hydrogen-bond donors (Lipinski definition) is 2. The molecular formula is C11H9N5O2. The van der Waals surface area contributed by atoms with Crippen LogP contribution in [0.1, 0.15) is 16.2 Å². The second kappa shape index (κ2) is 4.55. The number of carboxylic acids is 1. The van der Waals surface area contributed by atoms with Crippen molar-refractivity contribution in [2.24, 2.45) is 0 Å². The standard InChI is InChI=1S/C11H9N5O2/c1-7-10(11(17)18)14-15-16(7)9-4-2-8(3-5-9)13-6-12/h2-5,13H,1H3,(H,17,18). The molecular weight excluding hydrogens is 234 g/mol. The zero-order chi connectivity index (χ0) is 13.1. The van der Waals surface area contributed by atoms with Gasteiger partial charge in [0.05, 0.1) is 11.4 Å². The summed E-state index contributed by atoms with van der Waals surface area (Å²) in [6.07, 6.45) is 1.81. The van der Waals surface area contributed by atoms with E-state index < -0.39 is 5.97 Å². The maximum atomic E-state index is 10.8. The van der Waals surface area contributed by atoms with E-state index in [2.05, 4.69) is 15.6 Å². The van der Waals surface area contributed by atoms with E-state index in [1.54, 1.807) is 31.2 Å². The van der Waals surface area contributed by atoms with Gasteiger partial charge in [0.15, 0.2) is 11.9 Å². The van der Waals surface area contributed by atoms with Crippen molar-refractivity contribution in [3.05, 3.63) is 35.7 Å². The highest BCUT2D eigenvalue weighted by atomic mass is 16.4. The third-order valence-electron chi connectivity index (χ3n) is 2.41. The van der Waals surface area contributed by atoms with Gasteiger partial charge in [-0.2, -0.15) is 5.26 Å². The number of anilines is 1. The van der Waals surface area contributed by atoms with Crippen LogP contribution in [-0.2, 0) is 0 Å². The first kappa shape index (κ1) is 11.6. The van der Waals surface area contributed by atoms with Crippen LogP contribution in [0, 0.1) is 18.4 Å². The highest BCUT2D eigenvalue weighted by molar-refractivity contribution is 5.86. The van der Waals surface area contributed by atoms with Crippen LogP contribution < -0.4 is 5.32 Å². The second-order valence-electron chi connectivity index (χ2n) is 3.52. The molecule has 0 aliphatic carbocycles. The summed E-state index contributed by atoms with van der Waals surface area (Å²) in [4.78, 5) is 10.8. The molecule has 1 aromatic carbocycles. The number of nitrogens with one attached hydrogen (secondary N) is 1. The Hall–Kier alpha value is -2.88. The normalized spacial score (nSPS) is 9.78. The maximum Gasteiger partial charge on any atom is 0.358 e. The lowest BCUT2D eigenvalue weighted by atomic mass is 10.2. The van der Waals surface area contributed by atoms with Gasteiger partial charge in [-0.3, -0.25) is 5.32 Å². The van der Waals surface area contributed by atoms with Gasteiger partial charge in [0, 0.05) is 5.69 Å². The summed E-state index contributed by atoms with van der Waals surface area (Å²) in [5.74, 6) is -1.11. The molecule has 7 nitrogen and oxygen atoms in total. The number of hydrogen-bond acceptors (Lipinski definition) is 5. The zero-order valence-electron chi connectivity index (χ0n) is 9.45. The summed E-state index contributed by atoms with van der Waals surface area (Å²) in [6.45, 7) is 1.63. The molecule has 0 unspecified atom stereocenters. The monoisotopic (exact) mass is 243 g/mol. The van der Waals surface area contributed by atoms with Gasteiger partial charge >= 0.3 is 5.97 Å². The van der Waals surface area contributed by atoms with Crippen molar-refractivity contribution >= 4 is 11.7 Å².